The Bertz CT molecular complexity index is 471. The van der Waals surface area contributed by atoms with E-state index < -0.39 is 17.8 Å². The van der Waals surface area contributed by atoms with E-state index in [2.05, 4.69) is 6.58 Å². The second-order valence-corrected chi connectivity index (χ2v) is 4.20. The fraction of sp³-hybridized carbons (Fsp3) is 0.308. The molecule has 1 aliphatic carbocycles. The third-order valence-corrected chi connectivity index (χ3v) is 2.71. The monoisotopic (exact) mass is 247 g/mol. The summed E-state index contributed by atoms with van der Waals surface area (Å²) in [4.78, 5) is 38.8. The summed E-state index contributed by atoms with van der Waals surface area (Å²) in [6, 6.07) is 0. The van der Waals surface area contributed by atoms with Crippen LogP contribution in [0.4, 0.5) is 0 Å². The number of imide groups is 1. The molecule has 0 atom stereocenters. The lowest BCUT2D eigenvalue weighted by Crippen LogP contribution is -2.32. The second kappa shape index (κ2) is 5.00. The minimum absolute atomic E-state index is 0.0425. The molecule has 0 spiro atoms. The van der Waals surface area contributed by atoms with E-state index in [-0.39, 0.29) is 19.3 Å². The summed E-state index contributed by atoms with van der Waals surface area (Å²) in [5.74, 6) is -1.54. The summed E-state index contributed by atoms with van der Waals surface area (Å²) in [6.07, 6.45) is 6.43. The van der Waals surface area contributed by atoms with Crippen LogP contribution in [-0.2, 0) is 19.2 Å². The summed E-state index contributed by atoms with van der Waals surface area (Å²) >= 11 is 0. The van der Waals surface area contributed by atoms with Crippen molar-refractivity contribution in [1.82, 2.24) is 5.06 Å². The van der Waals surface area contributed by atoms with Crippen LogP contribution in [0.1, 0.15) is 25.7 Å². The zero-order valence-corrected chi connectivity index (χ0v) is 9.85. The normalized spacial score (nSPS) is 19.2. The molecular weight excluding hydrogens is 234 g/mol. The quantitative estimate of drug-likeness (QED) is 0.708. The summed E-state index contributed by atoms with van der Waals surface area (Å²) in [6.45, 7) is 3.79. The second-order valence-electron chi connectivity index (χ2n) is 4.20. The fourth-order valence-electron chi connectivity index (χ4n) is 1.71. The Labute approximate surface area is 104 Å². The lowest BCUT2D eigenvalue weighted by atomic mass is 10.0. The van der Waals surface area contributed by atoms with Crippen LogP contribution in [0.3, 0.4) is 0 Å². The Kier molecular flexibility index (Phi) is 3.41. The van der Waals surface area contributed by atoms with Crippen LogP contribution in [0, 0.1) is 0 Å². The number of hydrogen-bond donors (Lipinski definition) is 0. The van der Waals surface area contributed by atoms with Crippen LogP contribution >= 0.6 is 0 Å². The number of hydrogen-bond acceptors (Lipinski definition) is 4. The van der Waals surface area contributed by atoms with Gasteiger partial charge in [-0.1, -0.05) is 30.4 Å². The Hall–Kier alpha value is -2.17. The van der Waals surface area contributed by atoms with Gasteiger partial charge < -0.3 is 4.84 Å². The third kappa shape index (κ3) is 2.74. The van der Waals surface area contributed by atoms with E-state index in [0.29, 0.717) is 11.5 Å². The SMILES string of the molecule is C=C1C=CC(CC(=O)ON2C(=O)CCC2=O)=CC1. The molecule has 1 fully saturated rings. The van der Waals surface area contributed by atoms with Crippen LogP contribution < -0.4 is 0 Å². The first-order valence-corrected chi connectivity index (χ1v) is 5.68. The summed E-state index contributed by atoms with van der Waals surface area (Å²) in [7, 11) is 0. The van der Waals surface area contributed by atoms with Gasteiger partial charge in [0.2, 0.25) is 0 Å². The number of nitrogens with zero attached hydrogens (tertiary/aromatic N) is 1. The third-order valence-electron chi connectivity index (χ3n) is 2.71. The van der Waals surface area contributed by atoms with Crippen LogP contribution in [0.2, 0.25) is 0 Å². The standard InChI is InChI=1S/C13H13NO4/c1-9-2-4-10(5-3-9)8-13(17)18-14-11(15)6-7-12(14)16/h2,4-5H,1,3,6-8H2. The van der Waals surface area contributed by atoms with E-state index in [1.165, 1.54) is 0 Å². The van der Waals surface area contributed by atoms with Gasteiger partial charge >= 0.3 is 5.97 Å². The van der Waals surface area contributed by atoms with Crippen LogP contribution in [0.5, 0.6) is 0 Å². The van der Waals surface area contributed by atoms with Gasteiger partial charge in [0, 0.05) is 12.8 Å². The van der Waals surface area contributed by atoms with Crippen molar-refractivity contribution in [2.75, 3.05) is 0 Å². The molecule has 5 heteroatoms. The van der Waals surface area contributed by atoms with Crippen molar-refractivity contribution in [3.8, 4) is 0 Å². The molecule has 1 heterocycles. The van der Waals surface area contributed by atoms with Gasteiger partial charge in [-0.05, 0) is 12.0 Å². The molecule has 0 saturated carbocycles. The summed E-state index contributed by atoms with van der Waals surface area (Å²) in [5.41, 5.74) is 1.77. The molecule has 0 bridgehead atoms. The van der Waals surface area contributed by atoms with Crippen molar-refractivity contribution >= 4 is 17.8 Å². The zero-order chi connectivity index (χ0) is 13.1. The predicted molar refractivity (Wildman–Crippen MR) is 62.8 cm³/mol. The average molecular weight is 247 g/mol. The highest BCUT2D eigenvalue weighted by atomic mass is 16.7. The Balaban J connectivity index is 1.90. The van der Waals surface area contributed by atoms with Crippen molar-refractivity contribution in [3.05, 3.63) is 36.0 Å². The van der Waals surface area contributed by atoms with Gasteiger partial charge in [0.1, 0.15) is 0 Å². The lowest BCUT2D eigenvalue weighted by molar-refractivity contribution is -0.196. The number of hydroxylamine groups is 2. The van der Waals surface area contributed by atoms with E-state index in [1.54, 1.807) is 6.08 Å². The minimum atomic E-state index is -0.609. The molecule has 2 amide bonds. The highest BCUT2D eigenvalue weighted by Gasteiger charge is 2.32. The van der Waals surface area contributed by atoms with E-state index in [1.807, 2.05) is 12.2 Å². The van der Waals surface area contributed by atoms with E-state index in [9.17, 15) is 14.4 Å². The first-order chi connectivity index (χ1) is 8.56. The van der Waals surface area contributed by atoms with Gasteiger partial charge in [-0.3, -0.25) is 9.59 Å². The highest BCUT2D eigenvalue weighted by molar-refractivity contribution is 6.01. The van der Waals surface area contributed by atoms with E-state index in [0.717, 1.165) is 11.1 Å². The molecule has 0 aromatic carbocycles. The molecule has 1 saturated heterocycles. The van der Waals surface area contributed by atoms with Crippen LogP contribution in [-0.4, -0.2) is 22.8 Å². The number of carbonyl (C=O) groups excluding carboxylic acids is 3. The number of rotatable bonds is 3. The molecule has 2 rings (SSSR count). The lowest BCUT2D eigenvalue weighted by Gasteiger charge is -2.13. The molecule has 0 N–H and O–H groups in total. The highest BCUT2D eigenvalue weighted by Crippen LogP contribution is 2.18. The van der Waals surface area contributed by atoms with Gasteiger partial charge in [-0.25, -0.2) is 4.79 Å². The van der Waals surface area contributed by atoms with Crippen LogP contribution in [0.15, 0.2) is 36.0 Å². The maximum Gasteiger partial charge on any atom is 0.337 e. The molecule has 0 aromatic heterocycles. The Morgan fingerprint density at radius 2 is 1.94 bits per heavy atom. The number of allylic oxidation sites excluding steroid dienone is 4. The van der Waals surface area contributed by atoms with Crippen molar-refractivity contribution in [3.63, 3.8) is 0 Å². The molecule has 5 nitrogen and oxygen atoms in total. The van der Waals surface area contributed by atoms with Gasteiger partial charge in [0.15, 0.2) is 0 Å². The Morgan fingerprint density at radius 3 is 2.50 bits per heavy atom. The molecule has 94 valence electrons. The molecule has 0 unspecified atom stereocenters. The maximum atomic E-state index is 11.6. The van der Waals surface area contributed by atoms with Crippen molar-refractivity contribution in [1.29, 1.82) is 0 Å². The first kappa shape index (κ1) is 12.3. The number of carbonyl (C=O) groups is 3. The van der Waals surface area contributed by atoms with Crippen molar-refractivity contribution < 1.29 is 19.2 Å². The minimum Gasteiger partial charge on any atom is -0.330 e. The first-order valence-electron chi connectivity index (χ1n) is 5.68. The molecule has 2 aliphatic rings. The van der Waals surface area contributed by atoms with Crippen LogP contribution in [0.25, 0.3) is 0 Å². The van der Waals surface area contributed by atoms with E-state index in [4.69, 9.17) is 4.84 Å². The van der Waals surface area contributed by atoms with Gasteiger partial charge in [0.05, 0.1) is 6.42 Å². The molecule has 18 heavy (non-hydrogen) atoms. The largest absolute Gasteiger partial charge is 0.337 e. The summed E-state index contributed by atoms with van der Waals surface area (Å²) in [5, 5.41) is 0.564. The van der Waals surface area contributed by atoms with Gasteiger partial charge in [-0.15, -0.1) is 5.06 Å². The molecule has 0 radical (unpaired) electrons. The zero-order valence-electron chi connectivity index (χ0n) is 9.85. The predicted octanol–water partition coefficient (Wildman–Crippen LogP) is 1.43. The van der Waals surface area contributed by atoms with Gasteiger partial charge in [0.25, 0.3) is 11.8 Å². The molecular formula is C13H13NO4. The molecule has 1 aliphatic heterocycles. The van der Waals surface area contributed by atoms with Crippen molar-refractivity contribution in [2.45, 2.75) is 25.7 Å². The molecule has 0 aromatic rings. The smallest absolute Gasteiger partial charge is 0.330 e. The maximum absolute atomic E-state index is 11.6. The number of amides is 2. The topological polar surface area (TPSA) is 63.7 Å². The van der Waals surface area contributed by atoms with Crippen molar-refractivity contribution in [2.24, 2.45) is 0 Å². The Morgan fingerprint density at radius 1 is 1.28 bits per heavy atom. The van der Waals surface area contributed by atoms with E-state index >= 15 is 0 Å². The van der Waals surface area contributed by atoms with Gasteiger partial charge in [-0.2, -0.15) is 0 Å². The fourth-order valence-corrected chi connectivity index (χ4v) is 1.71. The summed E-state index contributed by atoms with van der Waals surface area (Å²) < 4.78 is 0. The average Bonchev–Trinajstić information content (AvgIpc) is 2.64.